The van der Waals surface area contributed by atoms with Crippen LogP contribution in [0.15, 0.2) is 30.3 Å². The van der Waals surface area contributed by atoms with Crippen molar-refractivity contribution in [2.75, 3.05) is 16.0 Å². The molecule has 0 spiro atoms. The maximum Gasteiger partial charge on any atom is 0.257 e. The molecule has 32 heavy (non-hydrogen) atoms. The molecule has 1 aliphatic rings. The predicted octanol–water partition coefficient (Wildman–Crippen LogP) is 6.06. The molecular formula is C19H12Br2Cl3F2N3O3. The molecule has 1 unspecified atom stereocenters. The van der Waals surface area contributed by atoms with Crippen molar-refractivity contribution < 1.29 is 23.2 Å². The molecule has 0 bridgehead atoms. The highest BCUT2D eigenvalue weighted by molar-refractivity contribution is 9.25. The molecule has 2 aromatic carbocycles. The number of carbonyl (C=O) groups is 3. The Morgan fingerprint density at radius 1 is 1.06 bits per heavy atom. The third-order valence-corrected chi connectivity index (χ3v) is 6.40. The number of carbonyl (C=O) groups excluding carboxylic acids is 3. The van der Waals surface area contributed by atoms with Crippen molar-refractivity contribution in [3.63, 3.8) is 0 Å². The number of hydrogen-bond acceptors (Lipinski definition) is 3. The van der Waals surface area contributed by atoms with Gasteiger partial charge < -0.3 is 16.0 Å². The largest absolute Gasteiger partial charge is 0.326 e. The fourth-order valence-corrected chi connectivity index (χ4v) is 3.57. The fraction of sp³-hybridized carbons (Fsp3) is 0.211. The van der Waals surface area contributed by atoms with Crippen LogP contribution in [0.5, 0.6) is 0 Å². The lowest BCUT2D eigenvalue weighted by molar-refractivity contribution is -0.117. The van der Waals surface area contributed by atoms with E-state index in [2.05, 4.69) is 47.8 Å². The maximum absolute atomic E-state index is 14.7. The number of halogens is 7. The van der Waals surface area contributed by atoms with Crippen LogP contribution in [-0.4, -0.2) is 25.8 Å². The van der Waals surface area contributed by atoms with Crippen molar-refractivity contribution in [1.82, 2.24) is 0 Å². The Bertz CT molecular complexity index is 1120. The molecule has 6 nitrogen and oxygen atoms in total. The van der Waals surface area contributed by atoms with Crippen molar-refractivity contribution >= 4 is 101 Å². The number of hydrogen-bond donors (Lipinski definition) is 3. The van der Waals surface area contributed by atoms with Crippen LogP contribution in [-0.2, 0) is 9.59 Å². The summed E-state index contributed by atoms with van der Waals surface area (Å²) in [7, 11) is 0. The zero-order chi connectivity index (χ0) is 23.8. The number of nitrogens with one attached hydrogen (secondary N) is 3. The van der Waals surface area contributed by atoms with E-state index in [9.17, 15) is 23.2 Å². The highest BCUT2D eigenvalue weighted by Gasteiger charge is 2.56. The normalized spacial score (nSPS) is 16.4. The van der Waals surface area contributed by atoms with Gasteiger partial charge in [-0.2, -0.15) is 0 Å². The van der Waals surface area contributed by atoms with Crippen LogP contribution in [0.1, 0.15) is 16.8 Å². The van der Waals surface area contributed by atoms with Gasteiger partial charge in [-0.25, -0.2) is 8.78 Å². The first-order valence-electron chi connectivity index (χ1n) is 8.77. The van der Waals surface area contributed by atoms with Gasteiger partial charge in [-0.15, -0.1) is 23.2 Å². The summed E-state index contributed by atoms with van der Waals surface area (Å²) in [5, 5.41) is 6.94. The first-order valence-corrected chi connectivity index (χ1v) is 11.7. The predicted molar refractivity (Wildman–Crippen MR) is 127 cm³/mol. The Kier molecular flexibility index (Phi) is 7.71. The second-order valence-electron chi connectivity index (χ2n) is 6.73. The number of alkyl halides is 4. The lowest BCUT2D eigenvalue weighted by atomic mass is 10.1. The number of rotatable bonds is 6. The second kappa shape index (κ2) is 9.80. The Morgan fingerprint density at radius 2 is 1.72 bits per heavy atom. The van der Waals surface area contributed by atoms with E-state index in [-0.39, 0.29) is 16.3 Å². The van der Waals surface area contributed by atoms with Gasteiger partial charge in [0.1, 0.15) is 19.6 Å². The third-order valence-electron chi connectivity index (χ3n) is 4.41. The van der Waals surface area contributed by atoms with E-state index in [1.54, 1.807) is 0 Å². The lowest BCUT2D eigenvalue weighted by Gasteiger charge is -2.13. The van der Waals surface area contributed by atoms with Gasteiger partial charge in [0.2, 0.25) is 11.8 Å². The molecule has 3 rings (SSSR count). The standard InChI is InChI=1S/C19H12Br2Cl3F2N3O3/c20-15(21)18(32)29-14-11(25)3-4-12(13(14)26)28-16(30)8-5-7(1-2-10(8)22)27-17(31)9-6-19(9,23)24/h1-5,9,15H,6H2,(H,27,31)(H,28,30)(H,29,32). The summed E-state index contributed by atoms with van der Waals surface area (Å²) < 4.78 is 26.7. The Balaban J connectivity index is 1.80. The molecule has 3 N–H and O–H groups in total. The van der Waals surface area contributed by atoms with Crippen LogP contribution >= 0.6 is 66.7 Å². The number of benzene rings is 2. The molecule has 0 saturated heterocycles. The molecule has 1 fully saturated rings. The molecule has 170 valence electrons. The van der Waals surface area contributed by atoms with Crippen LogP contribution in [0, 0.1) is 17.6 Å². The first kappa shape index (κ1) is 25.2. The summed E-state index contributed by atoms with van der Waals surface area (Å²) in [6.45, 7) is 0. The smallest absolute Gasteiger partial charge is 0.257 e. The molecule has 2 aromatic rings. The Labute approximate surface area is 212 Å². The van der Waals surface area contributed by atoms with Crippen LogP contribution < -0.4 is 16.0 Å². The highest BCUT2D eigenvalue weighted by atomic mass is 79.9. The van der Waals surface area contributed by atoms with E-state index in [1.807, 2.05) is 0 Å². The minimum atomic E-state index is -1.19. The first-order chi connectivity index (χ1) is 14.9. The Morgan fingerprint density at radius 3 is 2.31 bits per heavy atom. The highest BCUT2D eigenvalue weighted by Crippen LogP contribution is 2.53. The van der Waals surface area contributed by atoms with Crippen LogP contribution in [0.4, 0.5) is 25.8 Å². The second-order valence-corrected chi connectivity index (χ2v) is 11.7. The van der Waals surface area contributed by atoms with E-state index in [0.29, 0.717) is 6.42 Å². The number of anilines is 3. The summed E-state index contributed by atoms with van der Waals surface area (Å²) in [5.74, 6) is -4.83. The molecule has 0 heterocycles. The molecule has 0 aliphatic heterocycles. The zero-order valence-corrected chi connectivity index (χ0v) is 21.1. The van der Waals surface area contributed by atoms with Gasteiger partial charge in [0.15, 0.2) is 5.82 Å². The summed E-state index contributed by atoms with van der Waals surface area (Å²) >= 11 is 23.7. The molecule has 0 aromatic heterocycles. The van der Waals surface area contributed by atoms with Crippen LogP contribution in [0.3, 0.4) is 0 Å². The van der Waals surface area contributed by atoms with E-state index in [0.717, 1.165) is 12.1 Å². The summed E-state index contributed by atoms with van der Waals surface area (Å²) in [6.07, 6.45) is 0.302. The SMILES string of the molecule is O=C(Nc1ccc(F)c(NC(=O)C(Br)Br)c1F)c1cc(NC(=O)C2CC2(Cl)Cl)ccc1Cl. The lowest BCUT2D eigenvalue weighted by Crippen LogP contribution is -2.21. The average molecular weight is 634 g/mol. The zero-order valence-electron chi connectivity index (χ0n) is 15.6. The molecule has 3 amide bonds. The minimum Gasteiger partial charge on any atom is -0.326 e. The van der Waals surface area contributed by atoms with Crippen molar-refractivity contribution in [2.24, 2.45) is 5.92 Å². The summed E-state index contributed by atoms with van der Waals surface area (Å²) in [4.78, 5) is 36.6. The van der Waals surface area contributed by atoms with Crippen molar-refractivity contribution in [3.05, 3.63) is 52.6 Å². The van der Waals surface area contributed by atoms with Gasteiger partial charge in [-0.3, -0.25) is 14.4 Å². The molecule has 13 heteroatoms. The number of amides is 3. The summed E-state index contributed by atoms with van der Waals surface area (Å²) in [5.41, 5.74) is -0.976. The van der Waals surface area contributed by atoms with Gasteiger partial charge in [-0.05, 0) is 36.8 Å². The average Bonchev–Trinajstić information content (AvgIpc) is 3.36. The van der Waals surface area contributed by atoms with Crippen LogP contribution in [0.2, 0.25) is 5.02 Å². The molecule has 1 saturated carbocycles. The van der Waals surface area contributed by atoms with Crippen molar-refractivity contribution in [1.29, 1.82) is 0 Å². The molecule has 1 aliphatic carbocycles. The quantitative estimate of drug-likeness (QED) is 0.338. The maximum atomic E-state index is 14.7. The monoisotopic (exact) mass is 631 g/mol. The van der Waals surface area contributed by atoms with Gasteiger partial charge in [-0.1, -0.05) is 43.5 Å². The van der Waals surface area contributed by atoms with Gasteiger partial charge >= 0.3 is 0 Å². The third kappa shape index (κ3) is 5.72. The van der Waals surface area contributed by atoms with Gasteiger partial charge in [0.25, 0.3) is 5.91 Å². The van der Waals surface area contributed by atoms with Gasteiger partial charge in [0.05, 0.1) is 22.2 Å². The van der Waals surface area contributed by atoms with Gasteiger partial charge in [0, 0.05) is 5.69 Å². The fourth-order valence-electron chi connectivity index (χ4n) is 2.64. The summed E-state index contributed by atoms with van der Waals surface area (Å²) in [6, 6.07) is 5.99. The molecular weight excluding hydrogens is 622 g/mol. The topological polar surface area (TPSA) is 87.3 Å². The molecule has 0 radical (unpaired) electrons. The van der Waals surface area contributed by atoms with E-state index in [1.165, 1.54) is 18.2 Å². The van der Waals surface area contributed by atoms with E-state index >= 15 is 0 Å². The minimum absolute atomic E-state index is 0.0217. The Hall–Kier alpha value is -1.46. The molecule has 1 atom stereocenters. The van der Waals surface area contributed by atoms with Crippen LogP contribution in [0.25, 0.3) is 0 Å². The van der Waals surface area contributed by atoms with Crippen molar-refractivity contribution in [3.8, 4) is 0 Å². The van der Waals surface area contributed by atoms with E-state index in [4.69, 9.17) is 34.8 Å². The van der Waals surface area contributed by atoms with Crippen molar-refractivity contribution in [2.45, 2.75) is 14.5 Å². The van der Waals surface area contributed by atoms with E-state index < -0.39 is 54.7 Å².